The Labute approximate surface area is 270 Å². The number of methoxy groups -OCH3 is 1. The van der Waals surface area contributed by atoms with E-state index in [9.17, 15) is 23.6 Å². The predicted molar refractivity (Wildman–Crippen MR) is 173 cm³/mol. The van der Waals surface area contributed by atoms with E-state index >= 15 is 0 Å². The second kappa shape index (κ2) is 14.3. The number of carbonyl (C=O) groups excluding carboxylic acids is 4. The van der Waals surface area contributed by atoms with Crippen LogP contribution in [0.1, 0.15) is 71.2 Å². The predicted octanol–water partition coefficient (Wildman–Crippen LogP) is 5.85. The topological polar surface area (TPSA) is 108 Å². The lowest BCUT2D eigenvalue weighted by Gasteiger charge is -2.33. The Morgan fingerprint density at radius 1 is 0.956 bits per heavy atom. The summed E-state index contributed by atoms with van der Waals surface area (Å²) in [4.78, 5) is 54.9. The largest absolute Gasteiger partial charge is 0.361 e. The molecule has 0 aliphatic carbocycles. The van der Waals surface area contributed by atoms with E-state index in [0.717, 1.165) is 0 Å². The van der Waals surface area contributed by atoms with Crippen LogP contribution in [0.5, 0.6) is 0 Å². The number of hydrogen-bond donors (Lipinski definition) is 2. The summed E-state index contributed by atoms with van der Waals surface area (Å²) < 4.78 is 21.1. The molecule has 2 heterocycles. The maximum absolute atomic E-state index is 14.7. The third-order valence-electron chi connectivity index (χ3n) is 8.41. The first kappa shape index (κ1) is 32.3. The number of benzene rings is 3. The smallest absolute Gasteiger partial charge is 0.260 e. The van der Waals surface area contributed by atoms with Gasteiger partial charge < -0.3 is 20.3 Å². The van der Waals surface area contributed by atoms with Crippen LogP contribution < -0.4 is 15.5 Å². The number of nitrogens with one attached hydrogen (secondary N) is 2. The molecule has 5 rings (SSSR count). The first-order chi connectivity index (χ1) is 21.6. The van der Waals surface area contributed by atoms with Crippen LogP contribution in [0.25, 0.3) is 0 Å². The van der Waals surface area contributed by atoms with Crippen LogP contribution >= 0.6 is 15.9 Å². The molecule has 45 heavy (non-hydrogen) atoms. The first-order valence-corrected chi connectivity index (χ1v) is 15.8. The van der Waals surface area contributed by atoms with Gasteiger partial charge in [-0.1, -0.05) is 12.1 Å². The molecule has 4 amide bonds. The lowest BCUT2D eigenvalue weighted by Crippen LogP contribution is -2.46. The zero-order chi connectivity index (χ0) is 32.1. The highest BCUT2D eigenvalue weighted by Gasteiger charge is 2.36. The second-order valence-electron chi connectivity index (χ2n) is 11.4. The van der Waals surface area contributed by atoms with Gasteiger partial charge in [0.15, 0.2) is 0 Å². The minimum atomic E-state index is -0.634. The normalized spacial score (nSPS) is 18.5. The molecule has 9 nitrogen and oxygen atoms in total. The quantitative estimate of drug-likeness (QED) is 0.326. The molecule has 2 N–H and O–H groups in total. The van der Waals surface area contributed by atoms with Crippen molar-refractivity contribution in [2.45, 2.75) is 57.2 Å². The van der Waals surface area contributed by atoms with E-state index in [4.69, 9.17) is 4.74 Å². The Bertz CT molecular complexity index is 1580. The van der Waals surface area contributed by atoms with E-state index in [2.05, 4.69) is 26.6 Å². The van der Waals surface area contributed by atoms with Gasteiger partial charge in [0.1, 0.15) is 12.0 Å². The zero-order valence-electron chi connectivity index (χ0n) is 25.2. The zero-order valence-corrected chi connectivity index (χ0v) is 26.8. The maximum atomic E-state index is 14.7. The van der Waals surface area contributed by atoms with Gasteiger partial charge in [-0.3, -0.25) is 24.1 Å². The van der Waals surface area contributed by atoms with Crippen molar-refractivity contribution < 1.29 is 28.3 Å². The number of rotatable bonds is 7. The number of anilines is 2. The molecule has 0 radical (unpaired) electrons. The van der Waals surface area contributed by atoms with E-state index in [-0.39, 0.29) is 42.0 Å². The molecule has 2 atom stereocenters. The highest BCUT2D eigenvalue weighted by atomic mass is 79.9. The van der Waals surface area contributed by atoms with Gasteiger partial charge in [-0.2, -0.15) is 0 Å². The Hall–Kier alpha value is -4.09. The van der Waals surface area contributed by atoms with E-state index in [1.54, 1.807) is 53.4 Å². The number of piperidine rings is 1. The van der Waals surface area contributed by atoms with Crippen molar-refractivity contribution in [3.8, 4) is 0 Å². The van der Waals surface area contributed by atoms with E-state index < -0.39 is 12.0 Å². The SMILES string of the molecule is COC1CCC(CC(=O)N2CCC(NC(C)=O)CC2)c2cc(F)ccc2N1C(=O)c1ccc(NC(=O)c2ccccc2Br)cc1. The number of hydrogen-bond acceptors (Lipinski definition) is 5. The van der Waals surface area contributed by atoms with Crippen LogP contribution in [-0.2, 0) is 14.3 Å². The summed E-state index contributed by atoms with van der Waals surface area (Å²) in [5.74, 6) is -1.52. The van der Waals surface area contributed by atoms with Crippen LogP contribution in [-0.4, -0.2) is 61.0 Å². The van der Waals surface area contributed by atoms with Gasteiger partial charge in [-0.05, 0) is 108 Å². The fourth-order valence-corrected chi connectivity index (χ4v) is 6.58. The molecule has 1 saturated heterocycles. The molecule has 0 saturated carbocycles. The summed E-state index contributed by atoms with van der Waals surface area (Å²) in [5, 5.41) is 5.76. The standard InChI is InChI=1S/C34H36BrFN4O5/c1-21(41)37-26-15-17-39(18-16-26)31(42)19-23-9-14-32(45-2)40(30-13-10-24(36)20-28(23)30)34(44)22-7-11-25(12-8-22)38-33(43)27-5-3-4-6-29(27)35/h3-8,10-13,20,23,26,32H,9,14-19H2,1-2H3,(H,37,41)(H,38,43). The monoisotopic (exact) mass is 678 g/mol. The molecule has 2 unspecified atom stereocenters. The summed E-state index contributed by atoms with van der Waals surface area (Å²) in [6.45, 7) is 2.57. The van der Waals surface area contributed by atoms with Gasteiger partial charge in [0, 0.05) is 55.3 Å². The Morgan fingerprint density at radius 3 is 2.33 bits per heavy atom. The summed E-state index contributed by atoms with van der Waals surface area (Å²) in [5.41, 5.74) is 2.45. The Balaban J connectivity index is 1.34. The van der Waals surface area contributed by atoms with Crippen LogP contribution in [0.2, 0.25) is 0 Å². The fraction of sp³-hybridized carbons (Fsp3) is 0.353. The molecule has 0 spiro atoms. The van der Waals surface area contributed by atoms with Gasteiger partial charge >= 0.3 is 0 Å². The number of fused-ring (bicyclic) bond motifs is 1. The van der Waals surface area contributed by atoms with Gasteiger partial charge in [0.2, 0.25) is 11.8 Å². The molecule has 0 aromatic heterocycles. The fourth-order valence-electron chi connectivity index (χ4n) is 6.11. The molecule has 236 valence electrons. The number of carbonyl (C=O) groups is 4. The van der Waals surface area contributed by atoms with Gasteiger partial charge in [-0.25, -0.2) is 4.39 Å². The lowest BCUT2D eigenvalue weighted by atomic mass is 9.90. The van der Waals surface area contributed by atoms with Crippen LogP contribution in [0.3, 0.4) is 0 Å². The van der Waals surface area contributed by atoms with Crippen molar-refractivity contribution in [1.29, 1.82) is 0 Å². The highest BCUT2D eigenvalue weighted by molar-refractivity contribution is 9.10. The number of halogens is 2. The molecule has 0 bridgehead atoms. The number of amides is 4. The van der Waals surface area contributed by atoms with Crippen LogP contribution in [0.15, 0.2) is 71.2 Å². The van der Waals surface area contributed by atoms with Crippen molar-refractivity contribution in [3.05, 3.63) is 93.7 Å². The van der Waals surface area contributed by atoms with E-state index in [1.807, 2.05) is 6.07 Å². The maximum Gasteiger partial charge on any atom is 0.260 e. The average Bonchev–Trinajstić information content (AvgIpc) is 3.17. The summed E-state index contributed by atoms with van der Waals surface area (Å²) >= 11 is 3.39. The van der Waals surface area contributed by atoms with Crippen LogP contribution in [0, 0.1) is 5.82 Å². The average molecular weight is 680 g/mol. The van der Waals surface area contributed by atoms with Crippen molar-refractivity contribution in [2.24, 2.45) is 0 Å². The van der Waals surface area contributed by atoms with Gasteiger partial charge in [0.05, 0.1) is 11.3 Å². The first-order valence-electron chi connectivity index (χ1n) is 15.0. The van der Waals surface area contributed by atoms with Crippen molar-refractivity contribution in [1.82, 2.24) is 10.2 Å². The molecular formula is C34H36BrFN4O5. The molecule has 2 aliphatic heterocycles. The molecule has 11 heteroatoms. The number of likely N-dealkylation sites (tertiary alicyclic amines) is 1. The summed E-state index contributed by atoms with van der Waals surface area (Å²) in [7, 11) is 1.53. The third kappa shape index (κ3) is 7.59. The number of nitrogens with zero attached hydrogens (tertiary/aromatic N) is 2. The lowest BCUT2D eigenvalue weighted by molar-refractivity contribution is -0.132. The summed E-state index contributed by atoms with van der Waals surface area (Å²) in [6, 6.07) is 18.0. The second-order valence-corrected chi connectivity index (χ2v) is 12.3. The highest BCUT2D eigenvalue weighted by Crippen LogP contribution is 2.40. The van der Waals surface area contributed by atoms with E-state index in [0.29, 0.717) is 71.3 Å². The third-order valence-corrected chi connectivity index (χ3v) is 9.11. The molecular weight excluding hydrogens is 643 g/mol. The van der Waals surface area contributed by atoms with Gasteiger partial charge in [-0.15, -0.1) is 0 Å². The van der Waals surface area contributed by atoms with Gasteiger partial charge in [0.25, 0.3) is 11.8 Å². The minimum Gasteiger partial charge on any atom is -0.361 e. The molecule has 2 aliphatic rings. The van der Waals surface area contributed by atoms with E-state index in [1.165, 1.54) is 31.1 Å². The Kier molecular flexibility index (Phi) is 10.3. The van der Waals surface area contributed by atoms with Crippen molar-refractivity contribution in [3.63, 3.8) is 0 Å². The van der Waals surface area contributed by atoms with Crippen molar-refractivity contribution >= 4 is 50.9 Å². The number of ether oxygens (including phenoxy) is 1. The summed E-state index contributed by atoms with van der Waals surface area (Å²) in [6.07, 6.45) is 1.87. The molecule has 1 fully saturated rings. The molecule has 3 aromatic carbocycles. The van der Waals surface area contributed by atoms with Crippen molar-refractivity contribution in [2.75, 3.05) is 30.4 Å². The minimum absolute atomic E-state index is 0.0367. The Morgan fingerprint density at radius 2 is 1.67 bits per heavy atom. The molecule has 3 aromatic rings. The van der Waals surface area contributed by atoms with Crippen LogP contribution in [0.4, 0.5) is 15.8 Å².